The maximum Gasteiger partial charge on any atom is 0.258 e. The maximum atomic E-state index is 6.04. The Morgan fingerprint density at radius 2 is 2.05 bits per heavy atom. The van der Waals surface area contributed by atoms with Crippen LogP contribution in [0.2, 0.25) is 5.02 Å². The molecule has 0 spiro atoms. The first-order valence-corrected chi connectivity index (χ1v) is 6.19. The molecule has 5 nitrogen and oxygen atoms in total. The molecule has 0 fully saturated rings. The molecule has 0 amide bonds. The highest BCUT2D eigenvalue weighted by Gasteiger charge is 2.08. The summed E-state index contributed by atoms with van der Waals surface area (Å²) < 4.78 is 5.57. The Kier molecular flexibility index (Phi) is 4.48. The van der Waals surface area contributed by atoms with E-state index in [2.05, 4.69) is 15.3 Å². The molecular formula is C12H11ClN4OS. The molecule has 0 atom stereocenters. The number of halogens is 1. The molecule has 2 aromatic rings. The van der Waals surface area contributed by atoms with Gasteiger partial charge in [0.25, 0.3) is 5.88 Å². The van der Waals surface area contributed by atoms with Gasteiger partial charge < -0.3 is 15.8 Å². The van der Waals surface area contributed by atoms with Crippen LogP contribution in [0.4, 0.5) is 5.82 Å². The fourth-order valence-electron chi connectivity index (χ4n) is 1.39. The fraction of sp³-hybridized carbons (Fsp3) is 0.0833. The molecule has 0 aliphatic rings. The van der Waals surface area contributed by atoms with Crippen LogP contribution in [0.5, 0.6) is 5.88 Å². The highest BCUT2D eigenvalue weighted by molar-refractivity contribution is 7.80. The number of anilines is 1. The van der Waals surface area contributed by atoms with Crippen molar-refractivity contribution in [2.45, 2.75) is 6.61 Å². The molecule has 2 rings (SSSR count). The van der Waals surface area contributed by atoms with Gasteiger partial charge in [-0.3, -0.25) is 0 Å². The second kappa shape index (κ2) is 6.31. The number of nitrogens with two attached hydrogens (primary N) is 1. The van der Waals surface area contributed by atoms with E-state index in [0.717, 1.165) is 5.56 Å². The first-order chi connectivity index (χ1) is 9.16. The Labute approximate surface area is 120 Å². The van der Waals surface area contributed by atoms with Gasteiger partial charge in [0.2, 0.25) is 0 Å². The lowest BCUT2D eigenvalue weighted by molar-refractivity contribution is 0.294. The highest BCUT2D eigenvalue weighted by Crippen LogP contribution is 2.21. The van der Waals surface area contributed by atoms with Crippen molar-refractivity contribution < 1.29 is 4.74 Å². The van der Waals surface area contributed by atoms with Crippen LogP contribution < -0.4 is 15.8 Å². The van der Waals surface area contributed by atoms with E-state index < -0.39 is 0 Å². The van der Waals surface area contributed by atoms with Crippen molar-refractivity contribution in [1.29, 1.82) is 0 Å². The number of ether oxygens (including phenoxy) is 1. The topological polar surface area (TPSA) is 73.1 Å². The van der Waals surface area contributed by atoms with E-state index in [1.54, 1.807) is 6.07 Å². The summed E-state index contributed by atoms with van der Waals surface area (Å²) >= 11 is 10.8. The first kappa shape index (κ1) is 13.5. The van der Waals surface area contributed by atoms with Crippen molar-refractivity contribution >= 4 is 34.7 Å². The van der Waals surface area contributed by atoms with Gasteiger partial charge in [0.05, 0.1) is 0 Å². The van der Waals surface area contributed by atoms with Crippen LogP contribution in [0.15, 0.2) is 36.7 Å². The first-order valence-electron chi connectivity index (χ1n) is 5.40. The second-order valence-electron chi connectivity index (χ2n) is 3.58. The van der Waals surface area contributed by atoms with Gasteiger partial charge >= 0.3 is 0 Å². The van der Waals surface area contributed by atoms with E-state index in [1.165, 1.54) is 12.4 Å². The lowest BCUT2D eigenvalue weighted by Gasteiger charge is -2.10. The zero-order valence-electron chi connectivity index (χ0n) is 9.84. The number of hydrogen-bond acceptors (Lipinski definition) is 4. The van der Waals surface area contributed by atoms with Gasteiger partial charge in [0, 0.05) is 23.0 Å². The molecule has 3 N–H and O–H groups in total. The third kappa shape index (κ3) is 3.77. The molecule has 1 heterocycles. The molecule has 0 saturated carbocycles. The molecule has 0 radical (unpaired) electrons. The summed E-state index contributed by atoms with van der Waals surface area (Å²) in [5.41, 5.74) is 6.26. The van der Waals surface area contributed by atoms with Crippen LogP contribution in [0.1, 0.15) is 5.56 Å². The van der Waals surface area contributed by atoms with Crippen LogP contribution in [0.25, 0.3) is 0 Å². The standard InChI is InChI=1S/C12H11ClN4OS/c13-9-4-2-1-3-8(9)7-18-11-10(17-12(14)19)15-5-6-16-11/h1-6H,7H2,(H3,14,15,17,19). The van der Waals surface area contributed by atoms with Gasteiger partial charge in [-0.2, -0.15) is 0 Å². The normalized spacial score (nSPS) is 9.95. The quantitative estimate of drug-likeness (QED) is 0.844. The molecule has 0 bridgehead atoms. The van der Waals surface area contributed by atoms with Crippen molar-refractivity contribution in [3.05, 3.63) is 47.2 Å². The third-order valence-corrected chi connectivity index (χ3v) is 2.70. The molecule has 98 valence electrons. The second-order valence-corrected chi connectivity index (χ2v) is 4.43. The number of thiocarbonyl (C=S) groups is 1. The average molecular weight is 295 g/mol. The molecule has 0 saturated heterocycles. The molecule has 0 aliphatic heterocycles. The number of benzene rings is 1. The van der Waals surface area contributed by atoms with Crippen LogP contribution >= 0.6 is 23.8 Å². The molecule has 7 heteroatoms. The lowest BCUT2D eigenvalue weighted by Crippen LogP contribution is -2.20. The number of nitrogens with one attached hydrogen (secondary N) is 1. The molecule has 0 aliphatic carbocycles. The zero-order valence-corrected chi connectivity index (χ0v) is 11.4. The summed E-state index contributed by atoms with van der Waals surface area (Å²) in [6.07, 6.45) is 3.04. The summed E-state index contributed by atoms with van der Waals surface area (Å²) in [6, 6.07) is 7.41. The number of nitrogens with zero attached hydrogens (tertiary/aromatic N) is 2. The maximum absolute atomic E-state index is 6.04. The van der Waals surface area contributed by atoms with Crippen molar-refractivity contribution in [1.82, 2.24) is 9.97 Å². The van der Waals surface area contributed by atoms with Gasteiger partial charge in [0.1, 0.15) is 6.61 Å². The SMILES string of the molecule is NC(=S)Nc1nccnc1OCc1ccccc1Cl. The zero-order chi connectivity index (χ0) is 13.7. The van der Waals surface area contributed by atoms with E-state index in [-0.39, 0.29) is 11.7 Å². The highest BCUT2D eigenvalue weighted by atomic mass is 35.5. The minimum atomic E-state index is 0.100. The molecular weight excluding hydrogens is 284 g/mol. The van der Waals surface area contributed by atoms with Crippen LogP contribution in [0, 0.1) is 0 Å². The predicted molar refractivity (Wildman–Crippen MR) is 78.2 cm³/mol. The van der Waals surface area contributed by atoms with Crippen molar-refractivity contribution in [2.75, 3.05) is 5.32 Å². The van der Waals surface area contributed by atoms with E-state index in [1.807, 2.05) is 18.2 Å². The van der Waals surface area contributed by atoms with Crippen LogP contribution in [-0.2, 0) is 6.61 Å². The van der Waals surface area contributed by atoms with Gasteiger partial charge in [0.15, 0.2) is 10.9 Å². The van der Waals surface area contributed by atoms with Crippen LogP contribution in [-0.4, -0.2) is 15.1 Å². The number of hydrogen-bond donors (Lipinski definition) is 2. The summed E-state index contributed by atoms with van der Waals surface area (Å²) in [6.45, 7) is 0.282. The third-order valence-electron chi connectivity index (χ3n) is 2.23. The number of aromatic nitrogens is 2. The van der Waals surface area contributed by atoms with Crippen molar-refractivity contribution in [3.63, 3.8) is 0 Å². The Bertz CT molecular complexity index is 593. The van der Waals surface area contributed by atoms with Crippen LogP contribution in [0.3, 0.4) is 0 Å². The monoisotopic (exact) mass is 294 g/mol. The predicted octanol–water partition coefficient (Wildman–Crippen LogP) is 2.36. The minimum absolute atomic E-state index is 0.100. The lowest BCUT2D eigenvalue weighted by atomic mass is 10.2. The van der Waals surface area contributed by atoms with Crippen molar-refractivity contribution in [3.8, 4) is 5.88 Å². The summed E-state index contributed by atoms with van der Waals surface area (Å²) in [4.78, 5) is 8.13. The van der Waals surface area contributed by atoms with E-state index in [0.29, 0.717) is 16.7 Å². The Morgan fingerprint density at radius 1 is 1.32 bits per heavy atom. The van der Waals surface area contributed by atoms with Gasteiger partial charge in [-0.05, 0) is 18.3 Å². The van der Waals surface area contributed by atoms with Gasteiger partial charge in [-0.25, -0.2) is 9.97 Å². The van der Waals surface area contributed by atoms with E-state index in [4.69, 9.17) is 34.3 Å². The summed E-state index contributed by atoms with van der Waals surface area (Å²) in [5, 5.41) is 3.44. The number of rotatable bonds is 4. The van der Waals surface area contributed by atoms with Gasteiger partial charge in [-0.15, -0.1) is 0 Å². The molecule has 1 aromatic carbocycles. The van der Waals surface area contributed by atoms with E-state index >= 15 is 0 Å². The van der Waals surface area contributed by atoms with E-state index in [9.17, 15) is 0 Å². The summed E-state index contributed by atoms with van der Waals surface area (Å²) in [5.74, 6) is 0.692. The Hall–Kier alpha value is -1.92. The smallest absolute Gasteiger partial charge is 0.258 e. The molecule has 19 heavy (non-hydrogen) atoms. The summed E-state index contributed by atoms with van der Waals surface area (Å²) in [7, 11) is 0. The molecule has 1 aromatic heterocycles. The molecule has 0 unspecified atom stereocenters. The van der Waals surface area contributed by atoms with Gasteiger partial charge in [-0.1, -0.05) is 29.8 Å². The Morgan fingerprint density at radius 3 is 2.79 bits per heavy atom. The fourth-order valence-corrected chi connectivity index (χ4v) is 1.68. The van der Waals surface area contributed by atoms with Crippen molar-refractivity contribution in [2.24, 2.45) is 5.73 Å². The largest absolute Gasteiger partial charge is 0.470 e. The Balaban J connectivity index is 2.11. The average Bonchev–Trinajstić information content (AvgIpc) is 2.39. The minimum Gasteiger partial charge on any atom is -0.470 e.